The van der Waals surface area contributed by atoms with Gasteiger partial charge >= 0.3 is 0 Å². The highest BCUT2D eigenvalue weighted by Gasteiger charge is 2.50. The molecular formula is C15H17ClN4. The Kier molecular flexibility index (Phi) is 2.26. The SMILES string of the molecule is Clc1ccc2nnc(C3C4CC5CC(C4)CC3C5)n2n1. The first-order chi connectivity index (χ1) is 9.78. The third-order valence-corrected chi connectivity index (χ3v) is 5.98. The number of halogens is 1. The van der Waals surface area contributed by atoms with Crippen LogP contribution < -0.4 is 0 Å². The van der Waals surface area contributed by atoms with Crippen molar-refractivity contribution >= 4 is 17.2 Å². The molecule has 0 spiro atoms. The molecule has 4 fully saturated rings. The maximum Gasteiger partial charge on any atom is 0.178 e. The minimum atomic E-state index is 0.516. The molecule has 4 aliphatic rings. The normalized spacial score (nSPS) is 38.8. The van der Waals surface area contributed by atoms with Gasteiger partial charge in [-0.25, -0.2) is 0 Å². The van der Waals surface area contributed by atoms with Gasteiger partial charge in [0.05, 0.1) is 0 Å². The van der Waals surface area contributed by atoms with Crippen LogP contribution >= 0.6 is 11.6 Å². The molecule has 0 radical (unpaired) electrons. The Balaban J connectivity index is 1.63. The van der Waals surface area contributed by atoms with Crippen LogP contribution in [0.5, 0.6) is 0 Å². The summed E-state index contributed by atoms with van der Waals surface area (Å²) in [7, 11) is 0. The van der Waals surface area contributed by atoms with Crippen LogP contribution in [-0.4, -0.2) is 19.8 Å². The molecule has 0 amide bonds. The van der Waals surface area contributed by atoms with Gasteiger partial charge in [0.2, 0.25) is 0 Å². The van der Waals surface area contributed by atoms with Gasteiger partial charge < -0.3 is 0 Å². The molecule has 5 heteroatoms. The van der Waals surface area contributed by atoms with Crippen LogP contribution in [0.2, 0.25) is 5.15 Å². The zero-order valence-corrected chi connectivity index (χ0v) is 12.0. The van der Waals surface area contributed by atoms with Gasteiger partial charge in [-0.05, 0) is 67.9 Å². The maximum absolute atomic E-state index is 6.05. The Morgan fingerprint density at radius 1 is 0.950 bits per heavy atom. The number of hydrogen-bond donors (Lipinski definition) is 0. The smallest absolute Gasteiger partial charge is 0.178 e. The number of fused-ring (bicyclic) bond motifs is 1. The van der Waals surface area contributed by atoms with Crippen molar-refractivity contribution < 1.29 is 0 Å². The Bertz CT molecular complexity index is 652. The van der Waals surface area contributed by atoms with Crippen molar-refractivity contribution in [2.45, 2.75) is 38.0 Å². The Morgan fingerprint density at radius 3 is 2.35 bits per heavy atom. The van der Waals surface area contributed by atoms with E-state index in [1.165, 1.54) is 32.1 Å². The Labute approximate surface area is 122 Å². The average molecular weight is 289 g/mol. The van der Waals surface area contributed by atoms with Gasteiger partial charge in [0, 0.05) is 5.92 Å². The van der Waals surface area contributed by atoms with E-state index in [4.69, 9.17) is 11.6 Å². The predicted octanol–water partition coefficient (Wildman–Crippen LogP) is 3.32. The molecule has 4 nitrogen and oxygen atoms in total. The first kappa shape index (κ1) is 11.5. The second-order valence-corrected chi connectivity index (χ2v) is 7.33. The Hall–Kier alpha value is -1.16. The summed E-state index contributed by atoms with van der Waals surface area (Å²) < 4.78 is 1.88. The summed E-state index contributed by atoms with van der Waals surface area (Å²) in [4.78, 5) is 0. The van der Waals surface area contributed by atoms with Gasteiger partial charge in [0.1, 0.15) is 5.15 Å². The molecule has 0 unspecified atom stereocenters. The zero-order valence-electron chi connectivity index (χ0n) is 11.2. The highest BCUT2D eigenvalue weighted by atomic mass is 35.5. The monoisotopic (exact) mass is 288 g/mol. The molecule has 2 aromatic rings. The van der Waals surface area contributed by atoms with Crippen molar-refractivity contribution in [3.63, 3.8) is 0 Å². The van der Waals surface area contributed by atoms with Gasteiger partial charge in [-0.15, -0.1) is 10.2 Å². The number of hydrogen-bond acceptors (Lipinski definition) is 3. The van der Waals surface area contributed by atoms with Crippen molar-refractivity contribution in [1.29, 1.82) is 0 Å². The zero-order chi connectivity index (χ0) is 13.3. The van der Waals surface area contributed by atoms with E-state index in [9.17, 15) is 0 Å². The van der Waals surface area contributed by atoms with E-state index in [1.54, 1.807) is 6.07 Å². The van der Waals surface area contributed by atoms with E-state index in [0.717, 1.165) is 35.1 Å². The summed E-state index contributed by atoms with van der Waals surface area (Å²) in [6.45, 7) is 0. The molecule has 2 aromatic heterocycles. The summed E-state index contributed by atoms with van der Waals surface area (Å²) in [5.41, 5.74) is 0.818. The summed E-state index contributed by atoms with van der Waals surface area (Å²) in [5, 5.41) is 13.7. The first-order valence-corrected chi connectivity index (χ1v) is 8.03. The van der Waals surface area contributed by atoms with Crippen LogP contribution in [0.1, 0.15) is 43.8 Å². The number of aromatic nitrogens is 4. The fourth-order valence-corrected chi connectivity index (χ4v) is 5.48. The molecule has 0 saturated heterocycles. The molecule has 0 N–H and O–H groups in total. The lowest BCUT2D eigenvalue weighted by molar-refractivity contribution is -0.00629. The van der Waals surface area contributed by atoms with Gasteiger partial charge in [0.15, 0.2) is 11.5 Å². The Morgan fingerprint density at radius 2 is 1.65 bits per heavy atom. The molecule has 0 atom stereocenters. The largest absolute Gasteiger partial charge is 0.196 e. The molecule has 0 aromatic carbocycles. The fourth-order valence-electron chi connectivity index (χ4n) is 5.34. The molecule has 104 valence electrons. The third-order valence-electron chi connectivity index (χ3n) is 5.78. The summed E-state index contributed by atoms with van der Waals surface area (Å²) in [5.74, 6) is 5.13. The van der Waals surface area contributed by atoms with Gasteiger partial charge in [-0.2, -0.15) is 9.61 Å². The van der Waals surface area contributed by atoms with E-state index >= 15 is 0 Å². The van der Waals surface area contributed by atoms with Crippen LogP contribution in [0.3, 0.4) is 0 Å². The molecule has 2 heterocycles. The highest BCUT2D eigenvalue weighted by molar-refractivity contribution is 6.29. The molecule has 0 aliphatic heterocycles. The molecule has 4 aliphatic carbocycles. The quantitative estimate of drug-likeness (QED) is 0.808. The number of nitrogens with zero attached hydrogens (tertiary/aromatic N) is 4. The van der Waals surface area contributed by atoms with E-state index in [2.05, 4.69) is 15.3 Å². The topological polar surface area (TPSA) is 43.1 Å². The van der Waals surface area contributed by atoms with E-state index in [1.807, 2.05) is 10.6 Å². The predicted molar refractivity (Wildman–Crippen MR) is 75.6 cm³/mol. The van der Waals surface area contributed by atoms with Crippen molar-refractivity contribution in [2.24, 2.45) is 23.7 Å². The molecule has 4 bridgehead atoms. The molecular weight excluding hydrogens is 272 g/mol. The van der Waals surface area contributed by atoms with Crippen molar-refractivity contribution in [1.82, 2.24) is 19.8 Å². The third kappa shape index (κ3) is 1.51. The molecule has 6 rings (SSSR count). The van der Waals surface area contributed by atoms with Gasteiger partial charge in [0.25, 0.3) is 0 Å². The summed E-state index contributed by atoms with van der Waals surface area (Å²) >= 11 is 6.05. The van der Waals surface area contributed by atoms with Crippen molar-refractivity contribution in [3.05, 3.63) is 23.1 Å². The summed E-state index contributed by atoms with van der Waals surface area (Å²) in [6.07, 6.45) is 7.00. The van der Waals surface area contributed by atoms with Crippen LogP contribution in [0.4, 0.5) is 0 Å². The minimum absolute atomic E-state index is 0.516. The maximum atomic E-state index is 6.05. The number of rotatable bonds is 1. The van der Waals surface area contributed by atoms with E-state index in [0.29, 0.717) is 11.1 Å². The average Bonchev–Trinajstić information content (AvgIpc) is 2.81. The fraction of sp³-hybridized carbons (Fsp3) is 0.667. The van der Waals surface area contributed by atoms with Crippen LogP contribution in [0, 0.1) is 23.7 Å². The first-order valence-electron chi connectivity index (χ1n) is 7.66. The molecule has 4 saturated carbocycles. The van der Waals surface area contributed by atoms with Crippen LogP contribution in [0.25, 0.3) is 5.65 Å². The molecule has 20 heavy (non-hydrogen) atoms. The van der Waals surface area contributed by atoms with Crippen molar-refractivity contribution in [3.8, 4) is 0 Å². The van der Waals surface area contributed by atoms with Gasteiger partial charge in [-0.3, -0.25) is 0 Å². The summed E-state index contributed by atoms with van der Waals surface area (Å²) in [6, 6.07) is 3.69. The second-order valence-electron chi connectivity index (χ2n) is 6.94. The van der Waals surface area contributed by atoms with Crippen molar-refractivity contribution in [2.75, 3.05) is 0 Å². The lowest BCUT2D eigenvalue weighted by Gasteiger charge is -2.53. The standard InChI is InChI=1S/C15H17ClN4/c16-12-1-2-13-17-18-15(20(13)19-12)14-10-4-8-3-9(6-10)7-11(14)5-8/h1-2,8-11,14H,3-7H2. The van der Waals surface area contributed by atoms with E-state index < -0.39 is 0 Å². The lowest BCUT2D eigenvalue weighted by Crippen LogP contribution is -2.44. The minimum Gasteiger partial charge on any atom is -0.196 e. The highest BCUT2D eigenvalue weighted by Crippen LogP contribution is 2.59. The second kappa shape index (κ2) is 3.94. The van der Waals surface area contributed by atoms with E-state index in [-0.39, 0.29) is 0 Å². The van der Waals surface area contributed by atoms with Crippen LogP contribution in [0.15, 0.2) is 12.1 Å². The van der Waals surface area contributed by atoms with Gasteiger partial charge in [-0.1, -0.05) is 11.6 Å². The van der Waals surface area contributed by atoms with Crippen LogP contribution in [-0.2, 0) is 0 Å². The lowest BCUT2D eigenvalue weighted by atomic mass is 9.52.